The van der Waals surface area contributed by atoms with Gasteiger partial charge in [-0.25, -0.2) is 4.98 Å². The van der Waals surface area contributed by atoms with Gasteiger partial charge in [0.25, 0.3) is 0 Å². The van der Waals surface area contributed by atoms with Crippen LogP contribution in [-0.4, -0.2) is 36.8 Å². The highest BCUT2D eigenvalue weighted by Crippen LogP contribution is 2.34. The fourth-order valence-electron chi connectivity index (χ4n) is 4.75. The molecule has 1 aliphatic rings. The molecule has 1 aliphatic carbocycles. The quantitative estimate of drug-likeness (QED) is 0.314. The van der Waals surface area contributed by atoms with E-state index in [1.807, 2.05) is 31.2 Å². The number of benzene rings is 2. The Bertz CT molecular complexity index is 1310. The molecule has 0 unspecified atom stereocenters. The van der Waals surface area contributed by atoms with Crippen molar-refractivity contribution in [2.75, 3.05) is 25.2 Å². The number of ether oxygens (including phenoxy) is 2. The van der Waals surface area contributed by atoms with Crippen LogP contribution in [0.5, 0.6) is 5.75 Å². The second-order valence-corrected chi connectivity index (χ2v) is 11.0. The number of hydrogen-bond donors (Lipinski definition) is 0. The molecule has 1 heterocycles. The van der Waals surface area contributed by atoms with Crippen LogP contribution in [0, 0.1) is 12.3 Å². The minimum atomic E-state index is -0.761. The average Bonchev–Trinajstić information content (AvgIpc) is 2.86. The Hall–Kier alpha value is -3.44. The lowest BCUT2D eigenvalue weighted by atomic mass is 9.86. The van der Waals surface area contributed by atoms with Gasteiger partial charge in [-0.2, -0.15) is 0 Å². The lowest BCUT2D eigenvalue weighted by Crippen LogP contribution is -2.47. The highest BCUT2D eigenvalue weighted by Gasteiger charge is 2.34. The largest absolute Gasteiger partial charge is 0.494 e. The van der Waals surface area contributed by atoms with Gasteiger partial charge in [0, 0.05) is 31.0 Å². The van der Waals surface area contributed by atoms with Gasteiger partial charge in [-0.15, -0.1) is 0 Å². The monoisotopic (exact) mass is 498 g/mol. The molecule has 1 aromatic heterocycles. The van der Waals surface area contributed by atoms with E-state index in [2.05, 4.69) is 76.3 Å². The first-order chi connectivity index (χ1) is 17.6. The molecule has 0 N–H and O–H groups in total. The topological polar surface area (TPSA) is 51.7 Å². The molecule has 0 aliphatic heterocycles. The van der Waals surface area contributed by atoms with E-state index in [0.29, 0.717) is 25.4 Å². The summed E-state index contributed by atoms with van der Waals surface area (Å²) >= 11 is 0. The molecule has 0 saturated carbocycles. The van der Waals surface area contributed by atoms with Crippen molar-refractivity contribution in [3.63, 3.8) is 0 Å². The van der Waals surface area contributed by atoms with Crippen molar-refractivity contribution >= 4 is 22.5 Å². The van der Waals surface area contributed by atoms with Crippen molar-refractivity contribution in [3.8, 4) is 5.75 Å². The maximum atomic E-state index is 13.8. The number of aromatic nitrogens is 1. The predicted molar refractivity (Wildman–Crippen MR) is 151 cm³/mol. The number of fused-ring (bicyclic) bond motifs is 1. The average molecular weight is 499 g/mol. The van der Waals surface area contributed by atoms with Crippen molar-refractivity contribution in [2.24, 2.45) is 5.41 Å². The van der Waals surface area contributed by atoms with E-state index in [4.69, 9.17) is 14.5 Å². The van der Waals surface area contributed by atoms with Gasteiger partial charge >= 0.3 is 0 Å². The first-order valence-corrected chi connectivity index (χ1v) is 13.0. The van der Waals surface area contributed by atoms with Crippen molar-refractivity contribution < 1.29 is 14.3 Å². The van der Waals surface area contributed by atoms with Crippen LogP contribution in [0.2, 0.25) is 0 Å². The number of amides is 1. The standard InChI is InChI=1S/C32H38N2O3/c1-7-37-27-11-12-28-26(20-27)15-18-33-30(28)34(29(35)21-31(3,4)5)22-32(36-6)16-13-24(14-17-32)25-10-8-9-23(2)19-25/h8-20,24H,7,21-22H2,1-6H3. The summed E-state index contributed by atoms with van der Waals surface area (Å²) in [6.07, 6.45) is 10.6. The molecule has 0 fully saturated rings. The van der Waals surface area contributed by atoms with Gasteiger partial charge < -0.3 is 9.47 Å². The van der Waals surface area contributed by atoms with Crippen molar-refractivity contribution in [3.05, 3.63) is 90.2 Å². The first-order valence-electron chi connectivity index (χ1n) is 13.0. The number of hydrogen-bond acceptors (Lipinski definition) is 4. The van der Waals surface area contributed by atoms with Gasteiger partial charge in [-0.1, -0.05) is 74.9 Å². The summed E-state index contributed by atoms with van der Waals surface area (Å²) in [5.41, 5.74) is 1.54. The number of allylic oxidation sites excluding steroid dienone is 2. The minimum absolute atomic E-state index is 0.0143. The summed E-state index contributed by atoms with van der Waals surface area (Å²) in [6.45, 7) is 11.2. The number of nitrogens with zero attached hydrogens (tertiary/aromatic N) is 2. The Kier molecular flexibility index (Phi) is 7.84. The van der Waals surface area contributed by atoms with Crippen LogP contribution in [0.15, 0.2) is 79.0 Å². The molecule has 194 valence electrons. The summed E-state index contributed by atoms with van der Waals surface area (Å²) in [5, 5.41) is 1.88. The number of anilines is 1. The third kappa shape index (κ3) is 6.28. The molecular formula is C32H38N2O3. The number of methoxy groups -OCH3 is 1. The van der Waals surface area contributed by atoms with E-state index in [1.54, 1.807) is 18.2 Å². The molecule has 37 heavy (non-hydrogen) atoms. The van der Waals surface area contributed by atoms with Crippen LogP contribution in [-0.2, 0) is 9.53 Å². The second-order valence-electron chi connectivity index (χ2n) is 11.0. The number of rotatable bonds is 8. The molecule has 5 heteroatoms. The minimum Gasteiger partial charge on any atom is -0.494 e. The van der Waals surface area contributed by atoms with E-state index in [0.717, 1.165) is 16.5 Å². The highest BCUT2D eigenvalue weighted by molar-refractivity contribution is 6.02. The van der Waals surface area contributed by atoms with Crippen LogP contribution in [0.25, 0.3) is 10.8 Å². The Morgan fingerprint density at radius 2 is 1.84 bits per heavy atom. The number of carbonyl (C=O) groups excluding carboxylic acids is 1. The van der Waals surface area contributed by atoms with E-state index < -0.39 is 5.60 Å². The van der Waals surface area contributed by atoms with Crippen LogP contribution < -0.4 is 9.64 Å². The highest BCUT2D eigenvalue weighted by atomic mass is 16.5. The van der Waals surface area contributed by atoms with Crippen LogP contribution in [0.1, 0.15) is 51.2 Å². The van der Waals surface area contributed by atoms with Crippen molar-refractivity contribution in [1.29, 1.82) is 0 Å². The number of carbonyl (C=O) groups is 1. The van der Waals surface area contributed by atoms with Gasteiger partial charge in [-0.05, 0) is 54.5 Å². The Morgan fingerprint density at radius 3 is 2.49 bits per heavy atom. The zero-order valence-electron chi connectivity index (χ0n) is 22.8. The second kappa shape index (κ2) is 10.9. The maximum absolute atomic E-state index is 13.8. The lowest BCUT2D eigenvalue weighted by Gasteiger charge is -2.36. The molecule has 0 atom stereocenters. The molecule has 5 nitrogen and oxygen atoms in total. The normalized spacial score (nSPS) is 19.2. The third-order valence-electron chi connectivity index (χ3n) is 6.65. The Balaban J connectivity index is 1.71. The first kappa shape index (κ1) is 26.6. The smallest absolute Gasteiger partial charge is 0.228 e. The summed E-state index contributed by atoms with van der Waals surface area (Å²) in [7, 11) is 1.69. The summed E-state index contributed by atoms with van der Waals surface area (Å²) in [4.78, 5) is 20.3. The molecule has 4 rings (SSSR count). The zero-order valence-corrected chi connectivity index (χ0v) is 22.8. The maximum Gasteiger partial charge on any atom is 0.228 e. The fraction of sp³-hybridized carbons (Fsp3) is 0.375. The molecule has 2 aromatic carbocycles. The number of aryl methyl sites for hydroxylation is 1. The SMILES string of the molecule is CCOc1ccc2c(N(CC3(OC)C=CC(c4cccc(C)c4)C=C3)C(=O)CC(C)(C)C)nccc2c1. The molecule has 0 radical (unpaired) electrons. The summed E-state index contributed by atoms with van der Waals surface area (Å²) < 4.78 is 11.8. The lowest BCUT2D eigenvalue weighted by molar-refractivity contribution is -0.120. The van der Waals surface area contributed by atoms with Crippen LogP contribution in [0.3, 0.4) is 0 Å². The third-order valence-corrected chi connectivity index (χ3v) is 6.65. The van der Waals surface area contributed by atoms with Gasteiger partial charge in [0.05, 0.1) is 13.2 Å². The molecule has 0 bridgehead atoms. The van der Waals surface area contributed by atoms with Gasteiger partial charge in [0.2, 0.25) is 5.91 Å². The van der Waals surface area contributed by atoms with Crippen LogP contribution >= 0.6 is 0 Å². The van der Waals surface area contributed by atoms with Gasteiger partial charge in [0.1, 0.15) is 17.2 Å². The van der Waals surface area contributed by atoms with Crippen molar-refractivity contribution in [1.82, 2.24) is 4.98 Å². The molecule has 3 aromatic rings. The van der Waals surface area contributed by atoms with Gasteiger partial charge in [-0.3, -0.25) is 9.69 Å². The molecular weight excluding hydrogens is 460 g/mol. The van der Waals surface area contributed by atoms with Gasteiger partial charge in [0.15, 0.2) is 0 Å². The molecule has 1 amide bonds. The molecule has 0 saturated heterocycles. The Morgan fingerprint density at radius 1 is 1.08 bits per heavy atom. The van der Waals surface area contributed by atoms with E-state index in [1.165, 1.54) is 11.1 Å². The van der Waals surface area contributed by atoms with Crippen LogP contribution in [0.4, 0.5) is 5.82 Å². The summed E-state index contributed by atoms with van der Waals surface area (Å²) in [5.74, 6) is 1.61. The van der Waals surface area contributed by atoms with E-state index >= 15 is 0 Å². The predicted octanol–water partition coefficient (Wildman–Crippen LogP) is 7.01. The number of pyridine rings is 1. The zero-order chi connectivity index (χ0) is 26.6. The Labute approximate surface area is 220 Å². The molecule has 0 spiro atoms. The van der Waals surface area contributed by atoms with E-state index in [9.17, 15) is 4.79 Å². The fourth-order valence-corrected chi connectivity index (χ4v) is 4.75. The van der Waals surface area contributed by atoms with E-state index in [-0.39, 0.29) is 17.2 Å². The van der Waals surface area contributed by atoms with Crippen molar-refractivity contribution in [2.45, 2.75) is 52.6 Å². The summed E-state index contributed by atoms with van der Waals surface area (Å²) in [6, 6.07) is 16.4.